The minimum Gasteiger partial charge on any atom is -0.545 e. The minimum atomic E-state index is -4.36. The zero-order chi connectivity index (χ0) is 37.2. The Labute approximate surface area is 310 Å². The molecule has 2 heterocycles. The number of likely N-dealkylation sites (N-methyl/N-ethyl adjacent to an activating group) is 1. The van der Waals surface area contributed by atoms with Gasteiger partial charge >= 0.3 is 5.97 Å². The molecule has 12 heteroatoms. The number of carboxylic acids is 2. The van der Waals surface area contributed by atoms with E-state index >= 15 is 0 Å². The van der Waals surface area contributed by atoms with Gasteiger partial charge in [-0.2, -0.15) is 8.42 Å². The van der Waals surface area contributed by atoms with Crippen molar-refractivity contribution in [3.63, 3.8) is 0 Å². The lowest BCUT2D eigenvalue weighted by Crippen LogP contribution is -2.54. The van der Waals surface area contributed by atoms with Crippen molar-refractivity contribution in [1.82, 2.24) is 4.90 Å². The fourth-order valence-corrected chi connectivity index (χ4v) is 10.3. The average Bonchev–Trinajstić information content (AvgIpc) is 3.03. The van der Waals surface area contributed by atoms with Crippen LogP contribution >= 0.6 is 23.2 Å². The SMILES string of the molecule is CN1C2C=C3C(=CC2C(CS(=O)(=O)O)=CC1(C)C)C(c1c(Cl)ccc(Cl)c1C(=O)[O-])C1=CC2CCC[N+](=CCCCCC(=O)O)C2C=C1C3(C)C. The summed E-state index contributed by atoms with van der Waals surface area (Å²) in [5, 5.41) is 22.1. The van der Waals surface area contributed by atoms with E-state index in [-0.39, 0.29) is 40.0 Å². The van der Waals surface area contributed by atoms with Crippen LogP contribution < -0.4 is 5.11 Å². The first-order valence-electron chi connectivity index (χ1n) is 17.6. The van der Waals surface area contributed by atoms with Gasteiger partial charge in [0.2, 0.25) is 0 Å². The van der Waals surface area contributed by atoms with E-state index in [2.05, 4.69) is 53.8 Å². The van der Waals surface area contributed by atoms with Crippen LogP contribution in [0, 0.1) is 17.3 Å². The number of unbranched alkanes of at least 4 members (excludes halogenated alkanes) is 2. The van der Waals surface area contributed by atoms with E-state index in [1.165, 1.54) is 6.07 Å². The first-order chi connectivity index (χ1) is 23.8. The first kappa shape index (κ1) is 37.7. The number of hydrogen-bond acceptors (Lipinski definition) is 6. The Balaban J connectivity index is 1.56. The number of aliphatic carboxylic acids is 1. The van der Waals surface area contributed by atoms with Gasteiger partial charge in [-0.25, -0.2) is 4.58 Å². The van der Waals surface area contributed by atoms with Crippen LogP contribution in [0.4, 0.5) is 0 Å². The molecule has 0 bridgehead atoms. The molecule has 5 atom stereocenters. The summed E-state index contributed by atoms with van der Waals surface area (Å²) in [5.74, 6) is -3.68. The lowest BCUT2D eigenvalue weighted by Gasteiger charge is -2.53. The molecule has 0 amide bonds. The Morgan fingerprint density at radius 3 is 2.37 bits per heavy atom. The van der Waals surface area contributed by atoms with Crippen LogP contribution in [0.2, 0.25) is 10.0 Å². The van der Waals surface area contributed by atoms with Crippen LogP contribution in [0.15, 0.2) is 70.4 Å². The molecule has 2 N–H and O–H groups in total. The summed E-state index contributed by atoms with van der Waals surface area (Å²) in [4.78, 5) is 26.1. The van der Waals surface area contributed by atoms with Crippen molar-refractivity contribution in [3.05, 3.63) is 91.6 Å². The molecular weight excluding hydrogens is 711 g/mol. The van der Waals surface area contributed by atoms with Gasteiger partial charge in [-0.1, -0.05) is 61.4 Å². The lowest BCUT2D eigenvalue weighted by atomic mass is 9.54. The number of aromatic carboxylic acids is 1. The van der Waals surface area contributed by atoms with E-state index in [0.29, 0.717) is 17.6 Å². The first-order valence-corrected chi connectivity index (χ1v) is 20.0. The van der Waals surface area contributed by atoms with Crippen LogP contribution in [-0.4, -0.2) is 82.7 Å². The van der Waals surface area contributed by atoms with E-state index in [0.717, 1.165) is 54.5 Å². The van der Waals surface area contributed by atoms with Crippen LogP contribution in [0.5, 0.6) is 0 Å². The number of carboxylic acid groups (broad SMARTS) is 2. The summed E-state index contributed by atoms with van der Waals surface area (Å²) in [7, 11) is -2.35. The van der Waals surface area contributed by atoms with Gasteiger partial charge in [0.25, 0.3) is 10.1 Å². The zero-order valence-electron chi connectivity index (χ0n) is 29.7. The molecule has 1 saturated heterocycles. The molecule has 5 aliphatic rings. The fourth-order valence-electron chi connectivity index (χ4n) is 9.09. The highest BCUT2D eigenvalue weighted by Crippen LogP contribution is 2.61. The van der Waals surface area contributed by atoms with Gasteiger partial charge in [-0.15, -0.1) is 0 Å². The predicted octanol–water partition coefficient (Wildman–Crippen LogP) is 6.24. The molecule has 0 radical (unpaired) electrons. The van der Waals surface area contributed by atoms with Crippen LogP contribution in [-0.2, 0) is 14.9 Å². The largest absolute Gasteiger partial charge is 0.545 e. The number of nitrogens with zero attached hydrogens (tertiary/aromatic N) is 2. The number of carbonyl (C=O) groups is 2. The maximum atomic E-state index is 12.8. The Hall–Kier alpha value is -3.02. The van der Waals surface area contributed by atoms with Gasteiger partial charge in [-0.05, 0) is 91.8 Å². The predicted molar refractivity (Wildman–Crippen MR) is 197 cm³/mol. The second-order valence-corrected chi connectivity index (χ2v) is 17.9. The number of hydrogen-bond donors (Lipinski definition) is 2. The van der Waals surface area contributed by atoms with Crippen molar-refractivity contribution in [3.8, 4) is 0 Å². The molecule has 6 rings (SSSR count). The van der Waals surface area contributed by atoms with E-state index in [4.69, 9.17) is 28.3 Å². The second-order valence-electron chi connectivity index (χ2n) is 15.7. The van der Waals surface area contributed by atoms with E-state index < -0.39 is 50.6 Å². The molecule has 274 valence electrons. The van der Waals surface area contributed by atoms with Crippen molar-refractivity contribution in [2.75, 3.05) is 19.3 Å². The monoisotopic (exact) mass is 756 g/mol. The molecule has 0 aromatic heterocycles. The second kappa shape index (κ2) is 13.8. The van der Waals surface area contributed by atoms with Crippen molar-refractivity contribution in [2.24, 2.45) is 17.3 Å². The summed E-state index contributed by atoms with van der Waals surface area (Å²) >= 11 is 13.6. The van der Waals surface area contributed by atoms with E-state index in [1.807, 2.05) is 27.0 Å². The number of rotatable bonds is 9. The highest BCUT2D eigenvalue weighted by molar-refractivity contribution is 7.86. The van der Waals surface area contributed by atoms with Crippen molar-refractivity contribution < 1.29 is 37.3 Å². The third-order valence-electron chi connectivity index (χ3n) is 11.7. The van der Waals surface area contributed by atoms with Gasteiger partial charge in [0, 0.05) is 64.6 Å². The molecule has 1 aromatic rings. The van der Waals surface area contributed by atoms with Crippen LogP contribution in [0.3, 0.4) is 0 Å². The number of benzene rings is 1. The van der Waals surface area contributed by atoms with E-state index in [1.54, 1.807) is 6.07 Å². The molecule has 0 spiro atoms. The quantitative estimate of drug-likeness (QED) is 0.131. The van der Waals surface area contributed by atoms with Crippen molar-refractivity contribution >= 4 is 51.5 Å². The topological polar surface area (TPSA) is 138 Å². The van der Waals surface area contributed by atoms with Gasteiger partial charge in [0.1, 0.15) is 12.8 Å². The Bertz CT molecular complexity index is 1970. The van der Waals surface area contributed by atoms with Crippen molar-refractivity contribution in [1.29, 1.82) is 0 Å². The number of halogens is 2. The van der Waals surface area contributed by atoms with Crippen LogP contribution in [0.1, 0.15) is 88.1 Å². The maximum Gasteiger partial charge on any atom is 0.303 e. The summed E-state index contributed by atoms with van der Waals surface area (Å²) < 4.78 is 37.1. The summed E-state index contributed by atoms with van der Waals surface area (Å²) in [5.41, 5.74) is 3.51. The van der Waals surface area contributed by atoms with Crippen molar-refractivity contribution in [2.45, 2.75) is 89.8 Å². The van der Waals surface area contributed by atoms with Gasteiger partial charge in [-0.3, -0.25) is 14.2 Å². The summed E-state index contributed by atoms with van der Waals surface area (Å²) in [6, 6.07) is 2.89. The molecule has 1 saturated carbocycles. The lowest BCUT2D eigenvalue weighted by molar-refractivity contribution is -0.568. The molecule has 51 heavy (non-hydrogen) atoms. The minimum absolute atomic E-state index is 0.0197. The third kappa shape index (κ3) is 7.07. The third-order valence-corrected chi connectivity index (χ3v) is 13.0. The Morgan fingerprint density at radius 1 is 1.04 bits per heavy atom. The molecule has 2 aliphatic heterocycles. The van der Waals surface area contributed by atoms with E-state index in [9.17, 15) is 27.7 Å². The smallest absolute Gasteiger partial charge is 0.303 e. The number of fused-ring (bicyclic) bond motifs is 4. The summed E-state index contributed by atoms with van der Waals surface area (Å²) in [6.45, 7) is 9.25. The number of piperidine rings is 1. The zero-order valence-corrected chi connectivity index (χ0v) is 32.0. The molecule has 1 aromatic carbocycles. The normalized spacial score (nSPS) is 28.9. The average molecular weight is 758 g/mol. The fraction of sp³-hybridized carbons (Fsp3) is 0.513. The molecule has 9 nitrogen and oxygen atoms in total. The van der Waals surface area contributed by atoms with Crippen LogP contribution in [0.25, 0.3) is 0 Å². The number of carbonyl (C=O) groups excluding carboxylic acids is 1. The molecule has 3 aliphatic carbocycles. The standard InChI is InChI=1S/C39H46Cl2N2O7S/c1-38(2)20-23(21-51(48,49)50)24-17-26-28(19-32(24)42(38)5)39(3,4)27-18-31-22(10-9-15-43(31)14-8-6-7-11-33(44)45)16-25(27)34(26)35-29(40)12-13-30(41)36(35)37(46)47/h12-14,16-20,22,24,31-32,34H,6-11,15,21H2,1-5H3,(H2-,44,45,46,47,48,49,50). The molecule has 2 fully saturated rings. The van der Waals surface area contributed by atoms with Gasteiger partial charge in [0.15, 0.2) is 6.04 Å². The highest BCUT2D eigenvalue weighted by Gasteiger charge is 2.52. The highest BCUT2D eigenvalue weighted by atomic mass is 35.5. The van der Waals surface area contributed by atoms with Gasteiger partial charge in [0.05, 0.1) is 16.7 Å². The molecule has 5 unspecified atom stereocenters. The Kier molecular flexibility index (Phi) is 10.2. The number of allylic oxidation sites excluding steroid dienone is 4. The maximum absolute atomic E-state index is 12.8. The Morgan fingerprint density at radius 2 is 1.71 bits per heavy atom. The molecular formula is C39H46Cl2N2O7S. The summed E-state index contributed by atoms with van der Waals surface area (Å²) in [6.07, 6.45) is 17.2. The van der Waals surface area contributed by atoms with Gasteiger partial charge < -0.3 is 15.0 Å².